The smallest absolute Gasteiger partial charge is 0.419 e. The largest absolute Gasteiger partial charge is 0.438 e. The molecule has 0 saturated carbocycles. The van der Waals surface area contributed by atoms with Gasteiger partial charge in [0.05, 0.1) is 0 Å². The van der Waals surface area contributed by atoms with E-state index in [-0.39, 0.29) is 6.23 Å². The van der Waals surface area contributed by atoms with E-state index >= 15 is 0 Å². The van der Waals surface area contributed by atoms with Crippen LogP contribution in [-0.2, 0) is 9.53 Å². The fraction of sp³-hybridized carbons (Fsp3) is 0.909. The molecule has 0 aliphatic rings. The number of nitrogens with one attached hydrogen (secondary N) is 1. The van der Waals surface area contributed by atoms with Crippen LogP contribution in [0.3, 0.4) is 0 Å². The molecule has 14 heavy (non-hydrogen) atoms. The molecule has 1 N–H and O–H groups in total. The van der Waals surface area contributed by atoms with Crippen molar-refractivity contribution in [3.05, 3.63) is 0 Å². The Morgan fingerprint density at radius 3 is 2.57 bits per heavy atom. The molecule has 2 atom stereocenters. The van der Waals surface area contributed by atoms with E-state index in [2.05, 4.69) is 23.9 Å². The fourth-order valence-electron chi connectivity index (χ4n) is 1.48. The van der Waals surface area contributed by atoms with Gasteiger partial charge < -0.3 is 4.74 Å². The number of hydrogen-bond donors (Lipinski definition) is 1. The number of hydrogen-bond acceptors (Lipinski definition) is 3. The van der Waals surface area contributed by atoms with Gasteiger partial charge in [-0.3, -0.25) is 5.32 Å². The summed E-state index contributed by atoms with van der Waals surface area (Å²) in [6, 6.07) is 0.449. The molecular weight excluding hydrogens is 178 g/mol. The molecule has 0 fully saturated rings. The van der Waals surface area contributed by atoms with Crippen LogP contribution in [0.25, 0.3) is 0 Å². The quantitative estimate of drug-likeness (QED) is 0.458. The molecule has 0 rings (SSSR count). The first-order chi connectivity index (χ1) is 6.74. The highest BCUT2D eigenvalue weighted by Gasteiger charge is 2.09. The van der Waals surface area contributed by atoms with Gasteiger partial charge in [0.1, 0.15) is 0 Å². The van der Waals surface area contributed by atoms with Crippen molar-refractivity contribution in [1.29, 1.82) is 0 Å². The van der Waals surface area contributed by atoms with Crippen molar-refractivity contribution in [3.8, 4) is 0 Å². The zero-order valence-electron chi connectivity index (χ0n) is 9.51. The molecule has 3 nitrogen and oxygen atoms in total. The summed E-state index contributed by atoms with van der Waals surface area (Å²) in [6.07, 6.45) is 5.74. The maximum absolute atomic E-state index is 9.96. The van der Waals surface area contributed by atoms with E-state index in [1.165, 1.54) is 25.7 Å². The Balaban J connectivity index is 3.60. The highest BCUT2D eigenvalue weighted by Crippen LogP contribution is 2.07. The van der Waals surface area contributed by atoms with E-state index in [0.717, 1.165) is 12.8 Å². The average Bonchev–Trinajstić information content (AvgIpc) is 2.17. The first-order valence-corrected chi connectivity index (χ1v) is 5.53. The third-order valence-corrected chi connectivity index (χ3v) is 2.34. The minimum absolute atomic E-state index is 0.223. The molecule has 0 spiro atoms. The van der Waals surface area contributed by atoms with Crippen LogP contribution in [-0.4, -0.2) is 18.7 Å². The van der Waals surface area contributed by atoms with Crippen LogP contribution in [0, 0.1) is 0 Å². The van der Waals surface area contributed by atoms with Gasteiger partial charge in [-0.05, 0) is 19.8 Å². The Morgan fingerprint density at radius 2 is 2.07 bits per heavy atom. The van der Waals surface area contributed by atoms with Crippen molar-refractivity contribution in [2.24, 2.45) is 0 Å². The summed E-state index contributed by atoms with van der Waals surface area (Å²) in [6.45, 7) is 7.61. The minimum atomic E-state index is -0.223. The van der Waals surface area contributed by atoms with Crippen molar-refractivity contribution >= 4 is 6.47 Å². The van der Waals surface area contributed by atoms with E-state index in [1.54, 1.807) is 0 Å². The van der Waals surface area contributed by atoms with Gasteiger partial charge in [-0.15, -0.1) is 0 Å². The lowest BCUT2D eigenvalue weighted by Gasteiger charge is -2.20. The summed E-state index contributed by atoms with van der Waals surface area (Å²) in [7, 11) is 0. The van der Waals surface area contributed by atoms with E-state index < -0.39 is 0 Å². The van der Waals surface area contributed by atoms with Crippen molar-refractivity contribution in [1.82, 2.24) is 5.32 Å². The van der Waals surface area contributed by atoms with Gasteiger partial charge >= 0.3 is 6.47 Å². The second-order valence-corrected chi connectivity index (χ2v) is 3.61. The van der Waals surface area contributed by atoms with Crippen LogP contribution in [0.4, 0.5) is 0 Å². The lowest BCUT2D eigenvalue weighted by Crippen LogP contribution is -2.37. The summed E-state index contributed by atoms with van der Waals surface area (Å²) in [5.74, 6) is 0. The third-order valence-electron chi connectivity index (χ3n) is 2.34. The molecule has 0 amide bonds. The normalized spacial score (nSPS) is 14.8. The molecule has 0 aliphatic carbocycles. The lowest BCUT2D eigenvalue weighted by molar-refractivity contribution is 0.140. The van der Waals surface area contributed by atoms with Crippen molar-refractivity contribution < 1.29 is 9.53 Å². The number of carbonyl (C=O) groups excluding carboxylic acids is 1. The zero-order valence-corrected chi connectivity index (χ0v) is 9.51. The second-order valence-electron chi connectivity index (χ2n) is 3.61. The van der Waals surface area contributed by atoms with Gasteiger partial charge in [0, 0.05) is 6.04 Å². The molecule has 0 aromatic heterocycles. The molecule has 0 saturated heterocycles. The highest BCUT2D eigenvalue weighted by molar-refractivity contribution is 5.38. The maximum Gasteiger partial charge on any atom is 0.419 e. The Kier molecular flexibility index (Phi) is 8.64. The first-order valence-electron chi connectivity index (χ1n) is 5.53. The van der Waals surface area contributed by atoms with Gasteiger partial charge in [-0.2, -0.15) is 0 Å². The van der Waals surface area contributed by atoms with Crippen molar-refractivity contribution in [3.63, 3.8) is 0 Å². The average molecular weight is 200 g/mol. The van der Waals surface area contributed by atoms with Crippen LogP contribution in [0.15, 0.2) is 0 Å². The maximum atomic E-state index is 9.96. The van der Waals surface area contributed by atoms with Crippen molar-refractivity contribution in [2.75, 3.05) is 0 Å². The molecular formula is C11H22NO2. The van der Waals surface area contributed by atoms with Crippen LogP contribution >= 0.6 is 0 Å². The molecule has 1 radical (unpaired) electrons. The molecule has 3 heteroatoms. The summed E-state index contributed by atoms with van der Waals surface area (Å²) in [4.78, 5) is 9.96. The molecule has 0 aliphatic heterocycles. The molecule has 2 unspecified atom stereocenters. The lowest BCUT2D eigenvalue weighted by atomic mass is 10.1. The Hall–Kier alpha value is -0.570. The van der Waals surface area contributed by atoms with E-state index in [1.807, 2.05) is 6.92 Å². The molecule has 0 aromatic rings. The second kappa shape index (κ2) is 9.00. The van der Waals surface area contributed by atoms with E-state index in [4.69, 9.17) is 0 Å². The summed E-state index contributed by atoms with van der Waals surface area (Å²) in [5.41, 5.74) is 0. The Morgan fingerprint density at radius 1 is 1.36 bits per heavy atom. The van der Waals surface area contributed by atoms with Gasteiger partial charge in [0.15, 0.2) is 6.23 Å². The van der Waals surface area contributed by atoms with Crippen LogP contribution in [0.2, 0.25) is 0 Å². The molecule has 0 aromatic carbocycles. The predicted octanol–water partition coefficient (Wildman–Crippen LogP) is 2.36. The van der Waals surface area contributed by atoms with E-state index in [9.17, 15) is 4.79 Å². The Labute approximate surface area is 87.2 Å². The topological polar surface area (TPSA) is 38.3 Å². The molecule has 83 valence electrons. The monoisotopic (exact) mass is 200 g/mol. The Bertz CT molecular complexity index is 139. The number of ether oxygens (including phenoxy) is 1. The van der Waals surface area contributed by atoms with Crippen molar-refractivity contribution in [2.45, 2.75) is 65.1 Å². The van der Waals surface area contributed by atoms with Crippen LogP contribution < -0.4 is 5.32 Å². The van der Waals surface area contributed by atoms with E-state index in [0.29, 0.717) is 6.04 Å². The molecule has 0 bridgehead atoms. The first kappa shape index (κ1) is 13.4. The van der Waals surface area contributed by atoms with Gasteiger partial charge in [0.2, 0.25) is 0 Å². The SMILES string of the molecule is CCCCCC(CC)NC(C)O[C]=O. The van der Waals surface area contributed by atoms with Gasteiger partial charge in [-0.25, -0.2) is 4.79 Å². The van der Waals surface area contributed by atoms with Crippen LogP contribution in [0.1, 0.15) is 52.9 Å². The van der Waals surface area contributed by atoms with Crippen LogP contribution in [0.5, 0.6) is 0 Å². The van der Waals surface area contributed by atoms with Gasteiger partial charge in [-0.1, -0.05) is 33.1 Å². The highest BCUT2D eigenvalue weighted by atomic mass is 16.5. The standard InChI is InChI=1S/C11H22NO2/c1-4-6-7-8-11(5-2)12-10(3)14-9-13/h10-12H,4-8H2,1-3H3. The summed E-state index contributed by atoms with van der Waals surface area (Å²) < 4.78 is 4.66. The fourth-order valence-corrected chi connectivity index (χ4v) is 1.48. The summed E-state index contributed by atoms with van der Waals surface area (Å²) >= 11 is 0. The number of rotatable bonds is 9. The predicted molar refractivity (Wildman–Crippen MR) is 57.6 cm³/mol. The third kappa shape index (κ3) is 6.89. The number of unbranched alkanes of at least 4 members (excludes halogenated alkanes) is 2. The minimum Gasteiger partial charge on any atom is -0.438 e. The zero-order chi connectivity index (χ0) is 10.8. The van der Waals surface area contributed by atoms with Gasteiger partial charge in [0.25, 0.3) is 0 Å². The molecule has 0 heterocycles. The summed E-state index contributed by atoms with van der Waals surface area (Å²) in [5, 5.41) is 3.24.